The second kappa shape index (κ2) is 10.3. The summed E-state index contributed by atoms with van der Waals surface area (Å²) in [6.07, 6.45) is 5.99. The Morgan fingerprint density at radius 2 is 1.97 bits per heavy atom. The van der Waals surface area contributed by atoms with E-state index in [2.05, 4.69) is 9.97 Å². The molecule has 12 heteroatoms. The maximum atomic E-state index is 11.9. The van der Waals surface area contributed by atoms with Crippen molar-refractivity contribution >= 4 is 63.5 Å². The summed E-state index contributed by atoms with van der Waals surface area (Å²) in [4.78, 5) is 43.9. The van der Waals surface area contributed by atoms with Crippen LogP contribution in [-0.2, 0) is 16.1 Å². The molecule has 0 spiro atoms. The van der Waals surface area contributed by atoms with Gasteiger partial charge in [-0.15, -0.1) is 0 Å². The van der Waals surface area contributed by atoms with Gasteiger partial charge in [0.15, 0.2) is 17.8 Å². The first-order valence-corrected chi connectivity index (χ1v) is 12.0. The van der Waals surface area contributed by atoms with Gasteiger partial charge in [-0.2, -0.15) is 4.57 Å². The summed E-state index contributed by atoms with van der Waals surface area (Å²) in [7, 11) is 0. The fourth-order valence-corrected chi connectivity index (χ4v) is 5.33. The van der Waals surface area contributed by atoms with Crippen LogP contribution in [0.2, 0.25) is 0 Å². The number of carboxylic acids is 2. The maximum Gasteiger partial charge on any atom is 0.346 e. The molecule has 1 aliphatic heterocycles. The van der Waals surface area contributed by atoms with Gasteiger partial charge >= 0.3 is 17.6 Å². The van der Waals surface area contributed by atoms with E-state index in [1.54, 1.807) is 33.9 Å². The fourth-order valence-electron chi connectivity index (χ4n) is 4.21. The number of allylic oxidation sites excluding steroid dienone is 2. The van der Waals surface area contributed by atoms with Gasteiger partial charge < -0.3 is 41.5 Å². The van der Waals surface area contributed by atoms with E-state index in [0.717, 1.165) is 21.5 Å². The molecule has 0 fully saturated rings. The van der Waals surface area contributed by atoms with E-state index in [-0.39, 0.29) is 35.9 Å². The number of aromatic amines is 2. The number of fused-ring (bicyclic) bond motifs is 4. The highest BCUT2D eigenvalue weighted by Crippen LogP contribution is 2.46. The number of Topliss-reactive ketones (excluding diaryl/α,β-unsaturated/α-hetero) is 1. The minimum absolute atomic E-state index is 0. The molecule has 0 saturated heterocycles. The molecule has 5 rings (SSSR count). The Morgan fingerprint density at radius 3 is 2.65 bits per heavy atom. The monoisotopic (exact) mass is 586 g/mol. The van der Waals surface area contributed by atoms with Crippen LogP contribution in [0.3, 0.4) is 0 Å². The highest BCUT2D eigenvalue weighted by atomic mass is 79.9. The molecule has 3 aromatic heterocycles. The maximum absolute atomic E-state index is 11.9. The fraction of sp³-hybridized carbons (Fsp3) is 0.200. The number of anilines is 1. The van der Waals surface area contributed by atoms with Crippen LogP contribution >= 0.6 is 11.8 Å². The summed E-state index contributed by atoms with van der Waals surface area (Å²) >= 11 is 1.41. The van der Waals surface area contributed by atoms with E-state index >= 15 is 0 Å². The smallest absolute Gasteiger partial charge is 0.346 e. The van der Waals surface area contributed by atoms with Crippen molar-refractivity contribution in [1.82, 2.24) is 9.97 Å². The first-order valence-electron chi connectivity index (χ1n) is 11.2. The van der Waals surface area contributed by atoms with Gasteiger partial charge in [-0.25, -0.2) is 9.78 Å². The van der Waals surface area contributed by atoms with E-state index < -0.39 is 11.9 Å². The number of hydrogen-bond donors (Lipinski definition) is 4. The molecule has 4 aromatic rings. The Hall–Kier alpha value is -3.77. The SMILES string of the molecule is CCC(=Cc1oc2c3[nH]ccc3[nH]c2[n+]1CC(=O)O)C=C1Sc2ccc(C(C)=O)cc2N1CC(=O)O.[Br-]. The molecule has 0 radical (unpaired) electrons. The van der Waals surface area contributed by atoms with Gasteiger partial charge in [0.25, 0.3) is 5.89 Å². The number of carbonyl (C=O) groups excluding carboxylic acids is 1. The molecule has 0 amide bonds. The third kappa shape index (κ3) is 4.94. The van der Waals surface area contributed by atoms with Gasteiger partial charge in [-0.05, 0) is 37.1 Å². The summed E-state index contributed by atoms with van der Waals surface area (Å²) < 4.78 is 7.64. The lowest BCUT2D eigenvalue weighted by Gasteiger charge is -2.18. The van der Waals surface area contributed by atoms with E-state index in [1.807, 2.05) is 25.1 Å². The van der Waals surface area contributed by atoms with Gasteiger partial charge in [-0.3, -0.25) is 9.59 Å². The minimum Gasteiger partial charge on any atom is -1.00 e. The first kappa shape index (κ1) is 26.3. The molecule has 1 aliphatic rings. The molecule has 0 atom stereocenters. The average Bonchev–Trinajstić information content (AvgIpc) is 3.55. The predicted octanol–water partition coefficient (Wildman–Crippen LogP) is 1.15. The van der Waals surface area contributed by atoms with Gasteiger partial charge in [0.1, 0.15) is 12.1 Å². The number of ketones is 1. The molecule has 0 bridgehead atoms. The van der Waals surface area contributed by atoms with Crippen LogP contribution in [0.4, 0.5) is 5.69 Å². The second-order valence-corrected chi connectivity index (χ2v) is 9.43. The van der Waals surface area contributed by atoms with Crippen LogP contribution < -0.4 is 26.4 Å². The van der Waals surface area contributed by atoms with Crippen molar-refractivity contribution in [3.63, 3.8) is 0 Å². The molecule has 0 unspecified atom stereocenters. The predicted molar refractivity (Wildman–Crippen MR) is 134 cm³/mol. The van der Waals surface area contributed by atoms with Crippen LogP contribution in [0.5, 0.6) is 0 Å². The number of hydrogen-bond acceptors (Lipinski definition) is 6. The normalized spacial score (nSPS) is 14.4. The summed E-state index contributed by atoms with van der Waals surface area (Å²) in [5.41, 5.74) is 4.62. The summed E-state index contributed by atoms with van der Waals surface area (Å²) in [5.74, 6) is -1.76. The number of H-pyrrole nitrogens is 2. The number of carboxylic acid groups (broad SMARTS) is 2. The largest absolute Gasteiger partial charge is 1.00 e. The minimum atomic E-state index is -1.01. The van der Waals surface area contributed by atoms with Gasteiger partial charge in [0.05, 0.1) is 10.7 Å². The van der Waals surface area contributed by atoms with Crippen molar-refractivity contribution in [3.05, 3.63) is 58.6 Å². The Bertz CT molecular complexity index is 1610. The Labute approximate surface area is 225 Å². The van der Waals surface area contributed by atoms with E-state index in [0.29, 0.717) is 39.8 Å². The Balaban J connectivity index is 0.00000320. The quantitative estimate of drug-likeness (QED) is 0.178. The van der Waals surface area contributed by atoms with Crippen molar-refractivity contribution in [2.75, 3.05) is 11.4 Å². The Morgan fingerprint density at radius 1 is 1.19 bits per heavy atom. The van der Waals surface area contributed by atoms with Crippen LogP contribution in [0.15, 0.2) is 56.5 Å². The zero-order valence-electron chi connectivity index (χ0n) is 19.9. The molecular weight excluding hydrogens is 564 g/mol. The number of benzene rings is 1. The topological polar surface area (TPSA) is 144 Å². The lowest BCUT2D eigenvalue weighted by molar-refractivity contribution is -0.668. The van der Waals surface area contributed by atoms with Gasteiger partial charge in [0.2, 0.25) is 5.58 Å². The van der Waals surface area contributed by atoms with E-state index in [4.69, 9.17) is 4.42 Å². The number of aromatic nitrogens is 3. The van der Waals surface area contributed by atoms with Crippen LogP contribution in [-0.4, -0.2) is 44.4 Å². The summed E-state index contributed by atoms with van der Waals surface area (Å²) in [6.45, 7) is 2.86. The number of oxazole rings is 1. The molecular formula is C25H23BrN4O6S. The molecule has 1 aromatic carbocycles. The van der Waals surface area contributed by atoms with Crippen molar-refractivity contribution in [2.45, 2.75) is 31.7 Å². The number of nitrogens with zero attached hydrogens (tertiary/aromatic N) is 2. The number of rotatable bonds is 8. The average molecular weight is 587 g/mol. The molecule has 37 heavy (non-hydrogen) atoms. The summed E-state index contributed by atoms with van der Waals surface area (Å²) in [6, 6.07) is 7.10. The molecule has 0 aliphatic carbocycles. The molecule has 0 saturated carbocycles. The van der Waals surface area contributed by atoms with Crippen LogP contribution in [0, 0.1) is 0 Å². The lowest BCUT2D eigenvalue weighted by Crippen LogP contribution is -3.00. The summed E-state index contributed by atoms with van der Waals surface area (Å²) in [5, 5.41) is 19.7. The molecule has 4 N–H and O–H groups in total. The zero-order valence-corrected chi connectivity index (χ0v) is 22.3. The number of aliphatic carboxylic acids is 2. The van der Waals surface area contributed by atoms with Crippen molar-refractivity contribution < 1.29 is 50.6 Å². The highest BCUT2D eigenvalue weighted by molar-refractivity contribution is 8.03. The van der Waals surface area contributed by atoms with Gasteiger partial charge in [0, 0.05) is 28.8 Å². The Kier molecular flexibility index (Phi) is 7.32. The van der Waals surface area contributed by atoms with Crippen LogP contribution in [0.25, 0.3) is 28.3 Å². The third-order valence-corrected chi connectivity index (χ3v) is 7.05. The molecule has 4 heterocycles. The number of halogens is 1. The van der Waals surface area contributed by atoms with E-state index in [1.165, 1.54) is 18.7 Å². The molecule has 10 nitrogen and oxygen atoms in total. The number of thioether (sulfide) groups is 1. The second-order valence-electron chi connectivity index (χ2n) is 8.37. The molecule has 192 valence electrons. The van der Waals surface area contributed by atoms with Crippen LogP contribution in [0.1, 0.15) is 36.5 Å². The number of carbonyl (C=O) groups is 3. The van der Waals surface area contributed by atoms with E-state index in [9.17, 15) is 24.6 Å². The first-order chi connectivity index (χ1) is 17.2. The van der Waals surface area contributed by atoms with Crippen molar-refractivity contribution in [2.24, 2.45) is 0 Å². The van der Waals surface area contributed by atoms with Gasteiger partial charge in [-0.1, -0.05) is 24.8 Å². The van der Waals surface area contributed by atoms with Crippen molar-refractivity contribution in [1.29, 1.82) is 0 Å². The zero-order chi connectivity index (χ0) is 25.6. The number of nitrogens with one attached hydrogen (secondary N) is 2. The lowest BCUT2D eigenvalue weighted by atomic mass is 10.1. The standard InChI is InChI=1S/C25H22N4O6S.BrH/c1-3-14(8-19-29(12-22(33)34)25-24(35-19)23-16(27-25)6-7-26-23)9-20-28(11-21(31)32)17-10-15(13(2)30)4-5-18(17)36-20;/h4-10,26-27H,3,11-12H2,1-2H3,(H-,31,32,33,34);1H. The van der Waals surface area contributed by atoms with Crippen molar-refractivity contribution in [3.8, 4) is 0 Å². The highest BCUT2D eigenvalue weighted by Gasteiger charge is 2.29. The third-order valence-electron chi connectivity index (χ3n) is 5.93.